The molecule has 0 aliphatic carbocycles. The molecule has 0 aliphatic rings. The average Bonchev–Trinajstić information content (AvgIpc) is 2.62. The Morgan fingerprint density at radius 2 is 1.88 bits per heavy atom. The summed E-state index contributed by atoms with van der Waals surface area (Å²) < 4.78 is 0. The van der Waals surface area contributed by atoms with E-state index in [2.05, 4.69) is 54.2 Å². The standard InChI is InChI=1S/C21H20N4/c1-14(2)10-15-5-7-16(8-6-15)20-11-18(17-4-3-9-24-13-17)19(12-22)21(23)25-20/h3-9,11,13-14H,10H2,1-2H3,(H2,23,25). The lowest BCUT2D eigenvalue weighted by molar-refractivity contribution is 0.647. The van der Waals surface area contributed by atoms with Gasteiger partial charge in [-0.05, 0) is 30.0 Å². The van der Waals surface area contributed by atoms with Gasteiger partial charge in [0.25, 0.3) is 0 Å². The van der Waals surface area contributed by atoms with E-state index in [1.54, 1.807) is 12.4 Å². The monoisotopic (exact) mass is 328 g/mol. The Balaban J connectivity index is 2.06. The van der Waals surface area contributed by atoms with Gasteiger partial charge in [0.15, 0.2) is 0 Å². The molecule has 0 aliphatic heterocycles. The van der Waals surface area contributed by atoms with Gasteiger partial charge in [0, 0.05) is 29.1 Å². The summed E-state index contributed by atoms with van der Waals surface area (Å²) >= 11 is 0. The van der Waals surface area contributed by atoms with Crippen molar-refractivity contribution in [3.05, 3.63) is 66.0 Å². The summed E-state index contributed by atoms with van der Waals surface area (Å²) in [6, 6.07) is 16.2. The molecular formula is C21H20N4. The Morgan fingerprint density at radius 1 is 1.12 bits per heavy atom. The van der Waals surface area contributed by atoms with Crippen LogP contribution in [0.15, 0.2) is 54.9 Å². The van der Waals surface area contributed by atoms with E-state index in [-0.39, 0.29) is 5.82 Å². The molecule has 0 fully saturated rings. The number of nitrogens with two attached hydrogens (primary N) is 1. The molecule has 0 saturated carbocycles. The number of hydrogen-bond donors (Lipinski definition) is 1. The normalized spacial score (nSPS) is 10.6. The third-order valence-corrected chi connectivity index (χ3v) is 4.03. The minimum absolute atomic E-state index is 0.241. The van der Waals surface area contributed by atoms with Crippen LogP contribution in [0.3, 0.4) is 0 Å². The van der Waals surface area contributed by atoms with Crippen LogP contribution in [0.2, 0.25) is 0 Å². The minimum Gasteiger partial charge on any atom is -0.383 e. The molecule has 0 radical (unpaired) electrons. The molecule has 3 aromatic rings. The fraction of sp³-hybridized carbons (Fsp3) is 0.190. The number of nitrogens with zero attached hydrogens (tertiary/aromatic N) is 3. The van der Waals surface area contributed by atoms with Crippen molar-refractivity contribution in [1.82, 2.24) is 9.97 Å². The zero-order valence-corrected chi connectivity index (χ0v) is 14.4. The van der Waals surface area contributed by atoms with E-state index in [4.69, 9.17) is 5.73 Å². The van der Waals surface area contributed by atoms with Gasteiger partial charge in [-0.3, -0.25) is 4.98 Å². The lowest BCUT2D eigenvalue weighted by Crippen LogP contribution is -2.00. The molecule has 1 aromatic carbocycles. The van der Waals surface area contributed by atoms with Crippen LogP contribution in [0.1, 0.15) is 25.0 Å². The molecule has 0 spiro atoms. The van der Waals surface area contributed by atoms with Gasteiger partial charge in [0.05, 0.1) is 5.69 Å². The quantitative estimate of drug-likeness (QED) is 0.767. The number of nitrogen functional groups attached to an aromatic ring is 1. The first-order valence-electron chi connectivity index (χ1n) is 8.29. The summed E-state index contributed by atoms with van der Waals surface area (Å²) in [7, 11) is 0. The van der Waals surface area contributed by atoms with Crippen LogP contribution in [0.25, 0.3) is 22.4 Å². The number of anilines is 1. The first-order valence-corrected chi connectivity index (χ1v) is 8.29. The molecule has 2 N–H and O–H groups in total. The number of hydrogen-bond acceptors (Lipinski definition) is 4. The van der Waals surface area contributed by atoms with Crippen molar-refractivity contribution in [3.63, 3.8) is 0 Å². The zero-order valence-electron chi connectivity index (χ0n) is 14.4. The first-order chi connectivity index (χ1) is 12.1. The van der Waals surface area contributed by atoms with Crippen molar-refractivity contribution >= 4 is 5.82 Å². The molecule has 4 heteroatoms. The molecular weight excluding hydrogens is 308 g/mol. The highest BCUT2D eigenvalue weighted by atomic mass is 14.8. The van der Waals surface area contributed by atoms with Crippen LogP contribution >= 0.6 is 0 Å². The number of aromatic nitrogens is 2. The molecule has 124 valence electrons. The third kappa shape index (κ3) is 3.67. The Hall–Kier alpha value is -3.19. The molecule has 0 bridgehead atoms. The summed E-state index contributed by atoms with van der Waals surface area (Å²) in [5.41, 5.74) is 11.1. The topological polar surface area (TPSA) is 75.6 Å². The average molecular weight is 328 g/mol. The Bertz CT molecular complexity index is 907. The van der Waals surface area contributed by atoms with E-state index in [1.807, 2.05) is 18.2 Å². The maximum Gasteiger partial charge on any atom is 0.142 e. The van der Waals surface area contributed by atoms with Crippen LogP contribution < -0.4 is 5.73 Å². The Kier molecular flexibility index (Phi) is 4.76. The summed E-state index contributed by atoms with van der Waals surface area (Å²) in [5.74, 6) is 0.858. The number of benzene rings is 1. The number of nitriles is 1. The molecule has 2 aromatic heterocycles. The predicted octanol–water partition coefficient (Wildman–Crippen LogP) is 4.46. The van der Waals surface area contributed by atoms with Gasteiger partial charge in [0.2, 0.25) is 0 Å². The van der Waals surface area contributed by atoms with Crippen LogP contribution in [-0.2, 0) is 6.42 Å². The Labute approximate surface area is 148 Å². The summed E-state index contributed by atoms with van der Waals surface area (Å²) in [5, 5.41) is 9.45. The van der Waals surface area contributed by atoms with E-state index < -0.39 is 0 Å². The molecule has 0 amide bonds. The number of rotatable bonds is 4. The second kappa shape index (κ2) is 7.14. The molecule has 25 heavy (non-hydrogen) atoms. The van der Waals surface area contributed by atoms with E-state index in [0.717, 1.165) is 28.8 Å². The van der Waals surface area contributed by atoms with Crippen molar-refractivity contribution in [2.75, 3.05) is 5.73 Å². The smallest absolute Gasteiger partial charge is 0.142 e. The molecule has 4 nitrogen and oxygen atoms in total. The molecule has 0 unspecified atom stereocenters. The van der Waals surface area contributed by atoms with Gasteiger partial charge in [-0.25, -0.2) is 4.98 Å². The second-order valence-electron chi connectivity index (χ2n) is 6.46. The van der Waals surface area contributed by atoms with Crippen molar-refractivity contribution in [1.29, 1.82) is 5.26 Å². The van der Waals surface area contributed by atoms with E-state index in [1.165, 1.54) is 5.56 Å². The van der Waals surface area contributed by atoms with Crippen molar-refractivity contribution < 1.29 is 0 Å². The van der Waals surface area contributed by atoms with Crippen LogP contribution in [0.4, 0.5) is 5.82 Å². The zero-order chi connectivity index (χ0) is 17.8. The van der Waals surface area contributed by atoms with E-state index in [0.29, 0.717) is 11.5 Å². The van der Waals surface area contributed by atoms with E-state index >= 15 is 0 Å². The maximum atomic E-state index is 9.45. The van der Waals surface area contributed by atoms with Gasteiger partial charge >= 0.3 is 0 Å². The van der Waals surface area contributed by atoms with Crippen LogP contribution in [0.5, 0.6) is 0 Å². The van der Waals surface area contributed by atoms with Crippen LogP contribution in [-0.4, -0.2) is 9.97 Å². The highest BCUT2D eigenvalue weighted by molar-refractivity contribution is 5.79. The largest absolute Gasteiger partial charge is 0.383 e. The van der Waals surface area contributed by atoms with Crippen molar-refractivity contribution in [2.24, 2.45) is 5.92 Å². The fourth-order valence-corrected chi connectivity index (χ4v) is 2.86. The molecule has 2 heterocycles. The Morgan fingerprint density at radius 3 is 2.48 bits per heavy atom. The van der Waals surface area contributed by atoms with Gasteiger partial charge < -0.3 is 5.73 Å². The lowest BCUT2D eigenvalue weighted by atomic mass is 9.98. The summed E-state index contributed by atoms with van der Waals surface area (Å²) in [6.45, 7) is 4.41. The van der Waals surface area contributed by atoms with Crippen molar-refractivity contribution in [2.45, 2.75) is 20.3 Å². The second-order valence-corrected chi connectivity index (χ2v) is 6.46. The predicted molar refractivity (Wildman–Crippen MR) is 101 cm³/mol. The fourth-order valence-electron chi connectivity index (χ4n) is 2.86. The van der Waals surface area contributed by atoms with Crippen molar-refractivity contribution in [3.8, 4) is 28.5 Å². The minimum atomic E-state index is 0.241. The summed E-state index contributed by atoms with van der Waals surface area (Å²) in [6.07, 6.45) is 4.48. The SMILES string of the molecule is CC(C)Cc1ccc(-c2cc(-c3cccnc3)c(C#N)c(N)n2)cc1. The third-order valence-electron chi connectivity index (χ3n) is 4.03. The molecule has 0 saturated heterocycles. The van der Waals surface area contributed by atoms with Gasteiger partial charge in [-0.2, -0.15) is 5.26 Å². The highest BCUT2D eigenvalue weighted by Gasteiger charge is 2.13. The van der Waals surface area contributed by atoms with E-state index in [9.17, 15) is 5.26 Å². The number of pyridine rings is 2. The summed E-state index contributed by atoms with van der Waals surface area (Å²) in [4.78, 5) is 8.56. The lowest BCUT2D eigenvalue weighted by Gasteiger charge is -2.11. The molecule has 0 atom stereocenters. The highest BCUT2D eigenvalue weighted by Crippen LogP contribution is 2.30. The van der Waals surface area contributed by atoms with Crippen LogP contribution in [0, 0.1) is 17.2 Å². The van der Waals surface area contributed by atoms with Gasteiger partial charge in [0.1, 0.15) is 17.5 Å². The molecule has 3 rings (SSSR count). The first kappa shape index (κ1) is 16.7. The van der Waals surface area contributed by atoms with Gasteiger partial charge in [-0.15, -0.1) is 0 Å². The van der Waals surface area contributed by atoms with Gasteiger partial charge in [-0.1, -0.05) is 44.2 Å². The maximum absolute atomic E-state index is 9.45.